The van der Waals surface area contributed by atoms with Gasteiger partial charge in [0, 0.05) is 31.4 Å². The fraction of sp³-hybridized carbons (Fsp3) is 0.524. The van der Waals surface area contributed by atoms with Gasteiger partial charge in [-0.05, 0) is 44.7 Å². The molecule has 1 aliphatic heterocycles. The maximum Gasteiger partial charge on any atom is 0.341 e. The van der Waals surface area contributed by atoms with Crippen molar-refractivity contribution in [1.82, 2.24) is 9.88 Å². The molecule has 29 heavy (non-hydrogen) atoms. The number of nitrogens with one attached hydrogen (secondary N) is 1. The molecule has 7 nitrogen and oxygen atoms in total. The number of nitrogen functional groups attached to an aromatic ring is 1. The van der Waals surface area contributed by atoms with E-state index in [1.54, 1.807) is 10.6 Å². The number of aromatic carboxylic acids is 1. The number of nitrogens with zero attached hydrogens (tertiary/aromatic N) is 2. The van der Waals surface area contributed by atoms with E-state index in [9.17, 15) is 14.7 Å². The predicted octanol–water partition coefficient (Wildman–Crippen LogP) is 2.58. The maximum absolute atomic E-state index is 15.2. The molecule has 0 unspecified atom stereocenters. The van der Waals surface area contributed by atoms with Crippen LogP contribution in [-0.4, -0.2) is 41.3 Å². The first kappa shape index (κ1) is 19.7. The van der Waals surface area contributed by atoms with Crippen molar-refractivity contribution in [3.8, 4) is 0 Å². The largest absolute Gasteiger partial charge is 0.477 e. The average molecular weight is 402 g/mol. The lowest BCUT2D eigenvalue weighted by Gasteiger charge is -2.24. The number of pyridine rings is 1. The average Bonchev–Trinajstić information content (AvgIpc) is 3.40. The van der Waals surface area contributed by atoms with E-state index in [1.807, 2.05) is 4.90 Å². The van der Waals surface area contributed by atoms with E-state index < -0.39 is 17.2 Å². The number of rotatable bonds is 6. The topological polar surface area (TPSA) is 101 Å². The smallest absolute Gasteiger partial charge is 0.341 e. The van der Waals surface area contributed by atoms with Crippen LogP contribution in [0.2, 0.25) is 0 Å². The summed E-state index contributed by atoms with van der Waals surface area (Å²) in [6, 6.07) is 2.12. The Morgan fingerprint density at radius 2 is 2.14 bits per heavy atom. The summed E-state index contributed by atoms with van der Waals surface area (Å²) >= 11 is 0. The minimum absolute atomic E-state index is 0.0326. The fourth-order valence-electron chi connectivity index (χ4n) is 4.44. The molecule has 8 heteroatoms. The van der Waals surface area contributed by atoms with Crippen molar-refractivity contribution in [3.05, 3.63) is 33.9 Å². The zero-order chi connectivity index (χ0) is 20.9. The summed E-state index contributed by atoms with van der Waals surface area (Å²) in [6.45, 7) is 6.50. The zero-order valence-electron chi connectivity index (χ0n) is 16.7. The Hall–Kier alpha value is -2.61. The molecule has 2 aromatic rings. The number of fused-ring (bicyclic) bond motifs is 1. The van der Waals surface area contributed by atoms with Gasteiger partial charge >= 0.3 is 5.97 Å². The molecule has 2 atom stereocenters. The third-order valence-corrected chi connectivity index (χ3v) is 6.25. The lowest BCUT2D eigenvalue weighted by atomic mass is 10.0. The predicted molar refractivity (Wildman–Crippen MR) is 111 cm³/mol. The molecule has 1 saturated heterocycles. The number of hydrogen-bond donors (Lipinski definition) is 3. The maximum atomic E-state index is 15.2. The molecule has 4 N–H and O–H groups in total. The van der Waals surface area contributed by atoms with E-state index in [1.165, 1.54) is 6.20 Å². The van der Waals surface area contributed by atoms with Crippen LogP contribution in [0.15, 0.2) is 17.1 Å². The van der Waals surface area contributed by atoms with Crippen molar-refractivity contribution >= 4 is 28.2 Å². The van der Waals surface area contributed by atoms with Gasteiger partial charge in [0.2, 0.25) is 5.43 Å². The Bertz CT molecular complexity index is 1030. The summed E-state index contributed by atoms with van der Waals surface area (Å²) in [5.74, 6) is -1.57. The molecular weight excluding hydrogens is 375 g/mol. The van der Waals surface area contributed by atoms with Gasteiger partial charge in [0.05, 0.1) is 22.3 Å². The monoisotopic (exact) mass is 402 g/mol. The molecule has 1 aromatic heterocycles. The number of carboxylic acid groups (broad SMARTS) is 1. The molecule has 0 amide bonds. The first-order chi connectivity index (χ1) is 13.8. The summed E-state index contributed by atoms with van der Waals surface area (Å²) in [7, 11) is 0. The highest BCUT2D eigenvalue weighted by molar-refractivity contribution is 5.99. The Morgan fingerprint density at radius 3 is 2.76 bits per heavy atom. The third kappa shape index (κ3) is 3.35. The number of anilines is 2. The second-order valence-electron chi connectivity index (χ2n) is 8.17. The molecule has 1 aromatic carbocycles. The van der Waals surface area contributed by atoms with Gasteiger partial charge in [-0.15, -0.1) is 0 Å². The number of carbonyl (C=O) groups is 1. The Labute approximate surface area is 168 Å². The lowest BCUT2D eigenvalue weighted by molar-refractivity contribution is 0.0695. The quantitative estimate of drug-likeness (QED) is 0.642. The van der Waals surface area contributed by atoms with Crippen LogP contribution in [-0.2, 0) is 0 Å². The molecule has 1 saturated carbocycles. The summed E-state index contributed by atoms with van der Waals surface area (Å²) in [5, 5.41) is 12.8. The zero-order valence-corrected chi connectivity index (χ0v) is 16.7. The van der Waals surface area contributed by atoms with Gasteiger partial charge in [0.15, 0.2) is 5.82 Å². The van der Waals surface area contributed by atoms with Crippen molar-refractivity contribution in [2.24, 2.45) is 5.92 Å². The van der Waals surface area contributed by atoms with Crippen molar-refractivity contribution in [3.63, 3.8) is 0 Å². The molecule has 1 aliphatic carbocycles. The highest BCUT2D eigenvalue weighted by Gasteiger charge is 2.32. The van der Waals surface area contributed by atoms with E-state index in [4.69, 9.17) is 5.73 Å². The molecule has 2 heterocycles. The second kappa shape index (κ2) is 7.33. The van der Waals surface area contributed by atoms with Crippen molar-refractivity contribution in [1.29, 1.82) is 0 Å². The van der Waals surface area contributed by atoms with Gasteiger partial charge in [-0.2, -0.15) is 0 Å². The number of halogens is 1. The fourth-order valence-corrected chi connectivity index (χ4v) is 4.44. The lowest BCUT2D eigenvalue weighted by Crippen LogP contribution is -2.35. The number of carboxylic acids is 1. The van der Waals surface area contributed by atoms with E-state index in [0.717, 1.165) is 25.8 Å². The second-order valence-corrected chi connectivity index (χ2v) is 8.17. The summed E-state index contributed by atoms with van der Waals surface area (Å²) in [5.41, 5.74) is 5.61. The van der Waals surface area contributed by atoms with Crippen LogP contribution in [0.3, 0.4) is 0 Å². The first-order valence-electron chi connectivity index (χ1n) is 10.2. The highest BCUT2D eigenvalue weighted by Crippen LogP contribution is 2.40. The first-order valence-corrected chi connectivity index (χ1v) is 10.2. The van der Waals surface area contributed by atoms with Crippen LogP contribution >= 0.6 is 0 Å². The van der Waals surface area contributed by atoms with Crippen molar-refractivity contribution in [2.45, 2.75) is 45.2 Å². The summed E-state index contributed by atoms with van der Waals surface area (Å²) in [6.07, 6.45) is 4.12. The summed E-state index contributed by atoms with van der Waals surface area (Å²) < 4.78 is 17.0. The molecule has 4 rings (SSSR count). The van der Waals surface area contributed by atoms with Crippen LogP contribution < -0.4 is 21.4 Å². The molecule has 156 valence electrons. The van der Waals surface area contributed by atoms with E-state index in [0.29, 0.717) is 36.3 Å². The summed E-state index contributed by atoms with van der Waals surface area (Å²) in [4.78, 5) is 26.2. The number of hydrogen-bond acceptors (Lipinski definition) is 5. The van der Waals surface area contributed by atoms with Crippen LogP contribution in [0.5, 0.6) is 0 Å². The number of benzene rings is 1. The van der Waals surface area contributed by atoms with E-state index >= 15 is 4.39 Å². The SMILES string of the molecule is CCN[C@@H](C)[C@@H]1CCN(c2cc3c(c(N)c2F)c(=O)c(C(=O)O)cn3C2CC2)C1. The molecular formula is C21H27FN4O3. The Balaban J connectivity index is 1.83. The minimum atomic E-state index is -1.32. The van der Waals surface area contributed by atoms with Crippen molar-refractivity contribution < 1.29 is 14.3 Å². The van der Waals surface area contributed by atoms with E-state index in [-0.39, 0.29) is 22.7 Å². The normalized spacial score (nSPS) is 20.4. The van der Waals surface area contributed by atoms with Gasteiger partial charge in [0.1, 0.15) is 5.56 Å². The molecule has 0 radical (unpaired) electrons. The van der Waals surface area contributed by atoms with Gasteiger partial charge in [-0.25, -0.2) is 9.18 Å². The van der Waals surface area contributed by atoms with Crippen LogP contribution in [0.1, 0.15) is 49.5 Å². The Morgan fingerprint density at radius 1 is 1.41 bits per heavy atom. The van der Waals surface area contributed by atoms with E-state index in [2.05, 4.69) is 19.2 Å². The molecule has 2 fully saturated rings. The minimum Gasteiger partial charge on any atom is -0.477 e. The molecule has 0 spiro atoms. The number of nitrogens with two attached hydrogens (primary N) is 1. The van der Waals surface area contributed by atoms with Gasteiger partial charge in [-0.3, -0.25) is 4.79 Å². The van der Waals surface area contributed by atoms with Crippen LogP contribution in [0.4, 0.5) is 15.8 Å². The van der Waals surface area contributed by atoms with Crippen LogP contribution in [0.25, 0.3) is 10.9 Å². The molecule has 0 bridgehead atoms. The highest BCUT2D eigenvalue weighted by atomic mass is 19.1. The standard InChI is InChI=1S/C21H27FN4O3/c1-3-24-11(2)12-6-7-25(9-12)16-8-15-17(19(23)18(16)22)20(27)14(21(28)29)10-26(15)13-4-5-13/h8,10-13,24H,3-7,9,23H2,1-2H3,(H,28,29)/t11-,12+/m0/s1. The van der Waals surface area contributed by atoms with Gasteiger partial charge in [0.25, 0.3) is 0 Å². The number of aromatic nitrogens is 1. The molecule has 2 aliphatic rings. The van der Waals surface area contributed by atoms with Gasteiger partial charge < -0.3 is 25.6 Å². The van der Waals surface area contributed by atoms with Crippen molar-refractivity contribution in [2.75, 3.05) is 30.3 Å². The van der Waals surface area contributed by atoms with Gasteiger partial charge in [-0.1, -0.05) is 6.92 Å². The third-order valence-electron chi connectivity index (χ3n) is 6.25. The Kier molecular flexibility index (Phi) is 4.98. The van der Waals surface area contributed by atoms with Crippen LogP contribution in [0, 0.1) is 11.7 Å².